The van der Waals surface area contributed by atoms with Gasteiger partial charge in [-0.25, -0.2) is 13.3 Å². The number of nitrogens with zero attached hydrogens (tertiary/aromatic N) is 2. The molecule has 26 heavy (non-hydrogen) atoms. The molecule has 6 nitrogen and oxygen atoms in total. The van der Waals surface area contributed by atoms with Crippen LogP contribution < -0.4 is 10.0 Å². The SMILES string of the molecule is C=CC1CCc2c(cn(C)c2C(=O)Nc2ccc(F)c(C#N)c2)S(=O)N1. The van der Waals surface area contributed by atoms with Gasteiger partial charge in [-0.1, -0.05) is 6.08 Å². The summed E-state index contributed by atoms with van der Waals surface area (Å²) in [6.45, 7) is 3.72. The fourth-order valence-electron chi connectivity index (χ4n) is 2.95. The van der Waals surface area contributed by atoms with E-state index in [2.05, 4.69) is 16.6 Å². The van der Waals surface area contributed by atoms with Crippen molar-refractivity contribution in [2.24, 2.45) is 7.05 Å². The van der Waals surface area contributed by atoms with Crippen LogP contribution >= 0.6 is 0 Å². The average molecular weight is 372 g/mol. The smallest absolute Gasteiger partial charge is 0.272 e. The number of anilines is 1. The predicted molar refractivity (Wildman–Crippen MR) is 96.3 cm³/mol. The van der Waals surface area contributed by atoms with Gasteiger partial charge in [-0.15, -0.1) is 6.58 Å². The molecule has 2 N–H and O–H groups in total. The number of rotatable bonds is 3. The van der Waals surface area contributed by atoms with Crippen molar-refractivity contribution in [3.63, 3.8) is 0 Å². The van der Waals surface area contributed by atoms with Crippen molar-refractivity contribution in [2.45, 2.75) is 23.8 Å². The van der Waals surface area contributed by atoms with E-state index in [0.29, 0.717) is 34.7 Å². The number of carbonyl (C=O) groups is 1. The van der Waals surface area contributed by atoms with E-state index in [1.54, 1.807) is 30.0 Å². The second-order valence-electron chi connectivity index (χ2n) is 5.96. The number of hydrogen-bond acceptors (Lipinski definition) is 3. The van der Waals surface area contributed by atoms with E-state index in [0.717, 1.165) is 6.07 Å². The molecule has 2 atom stereocenters. The second kappa shape index (κ2) is 7.23. The van der Waals surface area contributed by atoms with E-state index in [1.807, 2.05) is 0 Å². The highest BCUT2D eigenvalue weighted by molar-refractivity contribution is 7.83. The lowest BCUT2D eigenvalue weighted by Gasteiger charge is -2.11. The van der Waals surface area contributed by atoms with Crippen LogP contribution in [0.15, 0.2) is 41.9 Å². The molecule has 134 valence electrons. The van der Waals surface area contributed by atoms with Gasteiger partial charge in [-0.3, -0.25) is 4.79 Å². The lowest BCUT2D eigenvalue weighted by Crippen LogP contribution is -2.27. The Bertz CT molecular complexity index is 961. The van der Waals surface area contributed by atoms with Crippen LogP contribution in [-0.4, -0.2) is 20.7 Å². The van der Waals surface area contributed by atoms with E-state index in [-0.39, 0.29) is 11.6 Å². The van der Waals surface area contributed by atoms with Gasteiger partial charge in [0.2, 0.25) is 0 Å². The molecule has 0 radical (unpaired) electrons. The van der Waals surface area contributed by atoms with Crippen LogP contribution in [0.5, 0.6) is 0 Å². The van der Waals surface area contributed by atoms with Crippen molar-refractivity contribution in [2.75, 3.05) is 5.32 Å². The summed E-state index contributed by atoms with van der Waals surface area (Å²) in [5, 5.41) is 11.6. The number of fused-ring (bicyclic) bond motifs is 1. The molecule has 0 saturated carbocycles. The van der Waals surface area contributed by atoms with Crippen molar-refractivity contribution >= 4 is 22.6 Å². The topological polar surface area (TPSA) is 86.9 Å². The summed E-state index contributed by atoms with van der Waals surface area (Å²) in [7, 11) is 0.268. The number of nitrogens with one attached hydrogen (secondary N) is 2. The maximum absolute atomic E-state index is 13.4. The minimum absolute atomic E-state index is 0.0975. The Morgan fingerprint density at radius 3 is 3.04 bits per heavy atom. The second-order valence-corrected chi connectivity index (χ2v) is 7.17. The number of halogens is 1. The molecule has 1 amide bonds. The summed E-state index contributed by atoms with van der Waals surface area (Å²) in [5.41, 5.74) is 1.28. The van der Waals surface area contributed by atoms with Gasteiger partial charge in [-0.05, 0) is 31.0 Å². The molecule has 1 aliphatic heterocycles. The van der Waals surface area contributed by atoms with Crippen LogP contribution in [-0.2, 0) is 24.5 Å². The number of benzene rings is 1. The molecule has 1 aromatic heterocycles. The van der Waals surface area contributed by atoms with E-state index in [9.17, 15) is 13.4 Å². The van der Waals surface area contributed by atoms with Crippen LogP contribution in [0.1, 0.15) is 28.0 Å². The molecule has 1 aromatic carbocycles. The summed E-state index contributed by atoms with van der Waals surface area (Å²) in [5.74, 6) is -1.05. The van der Waals surface area contributed by atoms with Crippen LogP contribution in [0.4, 0.5) is 10.1 Å². The molecule has 0 bridgehead atoms. The summed E-state index contributed by atoms with van der Waals surface area (Å²) >= 11 is 0. The van der Waals surface area contributed by atoms with Gasteiger partial charge >= 0.3 is 0 Å². The molecule has 2 unspecified atom stereocenters. The Balaban J connectivity index is 1.93. The highest BCUT2D eigenvalue weighted by Crippen LogP contribution is 2.26. The van der Waals surface area contributed by atoms with Crippen molar-refractivity contribution in [3.05, 3.63) is 59.7 Å². The van der Waals surface area contributed by atoms with Gasteiger partial charge in [0.15, 0.2) is 0 Å². The Morgan fingerprint density at radius 1 is 1.58 bits per heavy atom. The third kappa shape index (κ3) is 3.31. The first-order valence-corrected chi connectivity index (χ1v) is 9.09. The molecule has 0 aliphatic carbocycles. The standard InChI is InChI=1S/C18H17FN4O2S/c1-3-12-4-6-14-16(26(25)22-12)10-23(2)17(14)18(24)21-13-5-7-15(19)11(8-13)9-20/h3,5,7-8,10,12,22H,1,4,6H2,2H3,(H,21,24). The molecule has 2 heterocycles. The first-order chi connectivity index (χ1) is 12.4. The predicted octanol–water partition coefficient (Wildman–Crippen LogP) is 2.40. The quantitative estimate of drug-likeness (QED) is 0.811. The third-order valence-electron chi connectivity index (χ3n) is 4.25. The van der Waals surface area contributed by atoms with Gasteiger partial charge in [-0.2, -0.15) is 5.26 Å². The lowest BCUT2D eigenvalue weighted by atomic mass is 10.1. The number of aromatic nitrogens is 1. The maximum atomic E-state index is 13.4. The zero-order chi connectivity index (χ0) is 18.8. The fourth-order valence-corrected chi connectivity index (χ4v) is 4.24. The van der Waals surface area contributed by atoms with E-state index in [4.69, 9.17) is 5.26 Å². The van der Waals surface area contributed by atoms with Crippen molar-refractivity contribution in [3.8, 4) is 6.07 Å². The molecule has 0 fully saturated rings. The molecule has 0 spiro atoms. The molecule has 2 aromatic rings. The normalized spacial score (nSPS) is 19.1. The minimum atomic E-state index is -1.44. The highest BCUT2D eigenvalue weighted by atomic mass is 32.2. The number of hydrogen-bond donors (Lipinski definition) is 2. The van der Waals surface area contributed by atoms with E-state index < -0.39 is 22.7 Å². The van der Waals surface area contributed by atoms with Crippen LogP contribution in [0.3, 0.4) is 0 Å². The van der Waals surface area contributed by atoms with Gasteiger partial charge in [0.25, 0.3) is 5.91 Å². The maximum Gasteiger partial charge on any atom is 0.272 e. The number of amides is 1. The molecule has 0 saturated heterocycles. The van der Waals surface area contributed by atoms with Crippen LogP contribution in [0, 0.1) is 17.1 Å². The Labute approximate surface area is 152 Å². The van der Waals surface area contributed by atoms with E-state index in [1.165, 1.54) is 12.1 Å². The summed E-state index contributed by atoms with van der Waals surface area (Å²) in [6.07, 6.45) is 4.61. The monoisotopic (exact) mass is 372 g/mol. The van der Waals surface area contributed by atoms with Crippen molar-refractivity contribution in [1.29, 1.82) is 5.26 Å². The first kappa shape index (κ1) is 18.0. The highest BCUT2D eigenvalue weighted by Gasteiger charge is 2.27. The lowest BCUT2D eigenvalue weighted by molar-refractivity contribution is 0.101. The number of aryl methyl sites for hydroxylation is 1. The molecule has 8 heteroatoms. The van der Waals surface area contributed by atoms with Crippen molar-refractivity contribution in [1.82, 2.24) is 9.29 Å². The van der Waals surface area contributed by atoms with Crippen LogP contribution in [0.2, 0.25) is 0 Å². The molecule has 1 aliphatic rings. The summed E-state index contributed by atoms with van der Waals surface area (Å²) in [4.78, 5) is 13.3. The zero-order valence-electron chi connectivity index (χ0n) is 14.1. The fraction of sp³-hybridized carbons (Fsp3) is 0.222. The molecule has 3 rings (SSSR count). The number of nitriles is 1. The van der Waals surface area contributed by atoms with Gasteiger partial charge in [0.1, 0.15) is 28.6 Å². The number of carbonyl (C=O) groups excluding carboxylic acids is 1. The van der Waals surface area contributed by atoms with Crippen molar-refractivity contribution < 1.29 is 13.4 Å². The molecular formula is C18H17FN4O2S. The van der Waals surface area contributed by atoms with Gasteiger partial charge in [0, 0.05) is 30.5 Å². The average Bonchev–Trinajstić information content (AvgIpc) is 2.88. The zero-order valence-corrected chi connectivity index (χ0v) is 14.9. The first-order valence-electron chi connectivity index (χ1n) is 7.94. The van der Waals surface area contributed by atoms with E-state index >= 15 is 0 Å². The molecular weight excluding hydrogens is 355 g/mol. The van der Waals surface area contributed by atoms with Gasteiger partial charge < -0.3 is 9.88 Å². The summed E-state index contributed by atoms with van der Waals surface area (Å²) < 4.78 is 30.5. The summed E-state index contributed by atoms with van der Waals surface area (Å²) in [6, 6.07) is 5.45. The Hall–Kier alpha value is -2.76. The minimum Gasteiger partial charge on any atom is -0.345 e. The van der Waals surface area contributed by atoms with Crippen LogP contribution in [0.25, 0.3) is 0 Å². The Morgan fingerprint density at radius 2 is 2.35 bits per heavy atom. The third-order valence-corrected chi connectivity index (χ3v) is 5.52. The largest absolute Gasteiger partial charge is 0.345 e. The van der Waals surface area contributed by atoms with Gasteiger partial charge in [0.05, 0.1) is 10.5 Å². The Kier molecular flexibility index (Phi) is 5.02.